The van der Waals surface area contributed by atoms with Crippen molar-refractivity contribution in [1.82, 2.24) is 0 Å². The average molecular weight is 1220 g/mol. The second-order valence-corrected chi connectivity index (χ2v) is 11.0. The van der Waals surface area contributed by atoms with Gasteiger partial charge in [-0.2, -0.15) is 0 Å². The number of hydrogen-bond acceptors (Lipinski definition) is 12. The summed E-state index contributed by atoms with van der Waals surface area (Å²) in [4.78, 5) is 42.6. The molecule has 0 bridgehead atoms. The number of rotatable bonds is 5. The molecule has 6 N–H and O–H groups in total. The van der Waals surface area contributed by atoms with Gasteiger partial charge in [0.1, 0.15) is 39.9 Å². The van der Waals surface area contributed by atoms with Gasteiger partial charge in [0.05, 0.1) is 34.0 Å². The molecule has 50 heavy (non-hydrogen) atoms. The Morgan fingerprint density at radius 2 is 1.12 bits per heavy atom. The van der Waals surface area contributed by atoms with Crippen LogP contribution in [0.2, 0.25) is 15.1 Å². The minimum Gasteiger partial charge on any atom is -0.870 e. The van der Waals surface area contributed by atoms with Gasteiger partial charge in [-0.3, -0.25) is 9.59 Å². The largest absolute Gasteiger partial charge is 0.870 e. The number of aliphatic hydroxyl groups is 1. The Hall–Kier alpha value is -1.13. The molecule has 12 nitrogen and oxygen atoms in total. The van der Waals surface area contributed by atoms with Crippen LogP contribution in [0.25, 0.3) is 21.9 Å². The van der Waals surface area contributed by atoms with Crippen LogP contribution in [-0.4, -0.2) is 48.5 Å². The molecule has 5 rings (SSSR count). The fourth-order valence-electron chi connectivity index (χ4n) is 3.54. The number of aromatic hydroxyl groups is 4. The summed E-state index contributed by atoms with van der Waals surface area (Å²) in [6.07, 6.45) is -0.0243. The molecule has 264 valence electrons. The van der Waals surface area contributed by atoms with Crippen molar-refractivity contribution in [2.75, 3.05) is 5.88 Å². The predicted octanol–water partition coefficient (Wildman–Crippen LogP) is 6.88. The van der Waals surface area contributed by atoms with Gasteiger partial charge in [-0.1, -0.05) is 34.8 Å². The van der Waals surface area contributed by atoms with Gasteiger partial charge < -0.3 is 39.8 Å². The Balaban J connectivity index is 0. The van der Waals surface area contributed by atoms with E-state index in [2.05, 4.69) is 0 Å². The van der Waals surface area contributed by atoms with Gasteiger partial charge in [0.25, 0.3) is 0 Å². The molecule has 5 aromatic rings. The summed E-state index contributed by atoms with van der Waals surface area (Å²) < 4.78 is 9.76. The molecule has 0 unspecified atom stereocenters. The Kier molecular flexibility index (Phi) is 25.5. The van der Waals surface area contributed by atoms with E-state index in [1.165, 1.54) is 61.5 Å². The summed E-state index contributed by atoms with van der Waals surface area (Å²) in [5.41, 5.74) is 0.453. The van der Waals surface area contributed by atoms with Crippen molar-refractivity contribution in [3.63, 3.8) is 0 Å². The van der Waals surface area contributed by atoms with Gasteiger partial charge in [0.2, 0.25) is 0 Å². The number of carbonyl (C=O) groups is 2. The number of benzene rings is 3. The van der Waals surface area contributed by atoms with Crippen LogP contribution < -0.4 is 11.3 Å². The molecule has 0 aliphatic carbocycles. The standard InChI is InChI=1S/C10H6Cl2O3.C10H7ClO4.C6H5ClO2.C5H7ClO2.2Ac.H2O/c11-4-5-1-10(14)15-9-3-8(13)7(12)2-6(5)9;11-7-2-6-5(4-12)1-10(14)15-9(6)3-8(7)13;7-5-2-1-4(8)3-6(5)9;1-4(7)2-5(8)3-6;;;/h1-3,13H,4H2;1-3,12-13H,4H2;1-3,8-9H;2-3H2,1H3;;;1H2/p-1. The number of phenolic OH excluding ortho intramolecular Hbond substituents is 4. The van der Waals surface area contributed by atoms with Crippen LogP contribution >= 0.6 is 58.0 Å². The van der Waals surface area contributed by atoms with Crippen molar-refractivity contribution >= 4 is 91.5 Å². The fourth-order valence-corrected chi connectivity index (χ4v) is 4.30. The molecule has 0 fully saturated rings. The van der Waals surface area contributed by atoms with E-state index in [9.17, 15) is 29.4 Å². The van der Waals surface area contributed by atoms with Gasteiger partial charge in [0.15, 0.2) is 5.78 Å². The van der Waals surface area contributed by atoms with Gasteiger partial charge in [0, 0.05) is 135 Å². The van der Waals surface area contributed by atoms with Crippen molar-refractivity contribution < 1.29 is 138 Å². The molecule has 0 aliphatic heterocycles. The molecule has 0 amide bonds. The quantitative estimate of drug-likeness (QED) is 0.0690. The maximum Gasteiger partial charge on any atom is 0.336 e. The second-order valence-electron chi connectivity index (χ2n) is 9.26. The van der Waals surface area contributed by atoms with Crippen molar-refractivity contribution in [2.24, 2.45) is 0 Å². The van der Waals surface area contributed by atoms with E-state index in [1.54, 1.807) is 0 Å². The van der Waals surface area contributed by atoms with Gasteiger partial charge in [-0.25, -0.2) is 9.59 Å². The third-order valence-electron chi connectivity index (χ3n) is 5.63. The molecule has 2 aromatic heterocycles. The Morgan fingerprint density at radius 3 is 1.48 bits per heavy atom. The monoisotopic (exact) mass is 1220 g/mol. The number of fused-ring (bicyclic) bond motifs is 2. The first-order valence-corrected chi connectivity index (χ1v) is 15.1. The molecule has 3 aromatic carbocycles. The van der Waals surface area contributed by atoms with Gasteiger partial charge >= 0.3 is 11.3 Å². The fraction of sp³-hybridized carbons (Fsp3) is 0.161. The zero-order chi connectivity index (χ0) is 35.4. The number of halogens is 5. The summed E-state index contributed by atoms with van der Waals surface area (Å²) in [5, 5.41) is 47.0. The number of phenols is 4. The first kappa shape index (κ1) is 51.0. The first-order valence-electron chi connectivity index (χ1n) is 12.9. The number of ketones is 2. The summed E-state index contributed by atoms with van der Waals surface area (Å²) in [6.45, 7) is 1.08. The number of carbonyl (C=O) groups excluding carboxylic acids is 2. The predicted molar refractivity (Wildman–Crippen MR) is 182 cm³/mol. The summed E-state index contributed by atoms with van der Waals surface area (Å²) in [5.74, 6) is -0.590. The van der Waals surface area contributed by atoms with E-state index in [-0.39, 0.29) is 179 Å². The van der Waals surface area contributed by atoms with Crippen molar-refractivity contribution in [2.45, 2.75) is 25.8 Å². The van der Waals surface area contributed by atoms with Gasteiger partial charge in [-0.05, 0) is 42.3 Å². The third kappa shape index (κ3) is 16.3. The third-order valence-corrected chi connectivity index (χ3v) is 7.15. The number of hydrogen-bond donors (Lipinski definition) is 5. The van der Waals surface area contributed by atoms with Crippen LogP contribution in [0.5, 0.6) is 23.0 Å². The van der Waals surface area contributed by atoms with Crippen LogP contribution in [0.4, 0.5) is 0 Å². The van der Waals surface area contributed by atoms with E-state index in [4.69, 9.17) is 82.2 Å². The zero-order valence-electron chi connectivity index (χ0n) is 25.7. The molecule has 2 heterocycles. The topological polar surface area (TPSA) is 226 Å². The van der Waals surface area contributed by atoms with E-state index in [1.807, 2.05) is 0 Å². The van der Waals surface area contributed by atoms with Crippen LogP contribution in [0, 0.1) is 88.1 Å². The molecule has 2 radical (unpaired) electrons. The molecule has 0 saturated carbocycles. The van der Waals surface area contributed by atoms with Crippen LogP contribution in [0.15, 0.2) is 73.0 Å². The second kappa shape index (κ2) is 25.0. The maximum absolute atomic E-state index is 11.1. The van der Waals surface area contributed by atoms with E-state index in [0.717, 1.165) is 0 Å². The number of Topliss-reactive ketones (excluding diaryl/α,β-unsaturated/α-hetero) is 2. The molecule has 0 atom stereocenters. The van der Waals surface area contributed by atoms with Crippen molar-refractivity contribution in [1.29, 1.82) is 0 Å². The minimum atomic E-state index is -0.576. The first-order chi connectivity index (χ1) is 22.1. The molecular formula is C31H26Ac2Cl5O12-. The molecule has 0 saturated heterocycles. The molecule has 0 spiro atoms. The van der Waals surface area contributed by atoms with E-state index >= 15 is 0 Å². The summed E-state index contributed by atoms with van der Waals surface area (Å²) in [7, 11) is 0. The molecule has 19 heteroatoms. The Bertz CT molecular complexity index is 1910. The van der Waals surface area contributed by atoms with Crippen LogP contribution in [0.1, 0.15) is 24.5 Å². The summed E-state index contributed by atoms with van der Waals surface area (Å²) in [6, 6.07) is 12.0. The van der Waals surface area contributed by atoms with Crippen molar-refractivity contribution in [3.05, 3.63) is 102 Å². The smallest absolute Gasteiger partial charge is 0.336 e. The summed E-state index contributed by atoms with van der Waals surface area (Å²) >= 11 is 27.6. The normalized spacial score (nSPS) is 9.58. The number of aliphatic hydroxyl groups excluding tert-OH is 1. The molecular weight excluding hydrogens is 1200 g/mol. The van der Waals surface area contributed by atoms with Crippen LogP contribution in [-0.2, 0) is 22.1 Å². The zero-order valence-corrected chi connectivity index (χ0v) is 39.0. The average Bonchev–Trinajstić information content (AvgIpc) is 3.00. The maximum atomic E-state index is 11.1. The number of alkyl halides is 2. The van der Waals surface area contributed by atoms with Gasteiger partial charge in [-0.15, -0.1) is 23.2 Å². The van der Waals surface area contributed by atoms with Crippen molar-refractivity contribution in [3.8, 4) is 23.0 Å². The minimum absolute atomic E-state index is 0. The molecule has 0 aliphatic rings. The van der Waals surface area contributed by atoms with Crippen LogP contribution in [0.3, 0.4) is 0 Å². The Morgan fingerprint density at radius 1 is 0.680 bits per heavy atom. The van der Waals surface area contributed by atoms with E-state index < -0.39 is 11.3 Å². The SMILES string of the molecule is CC(=O)CC(=O)CCl.O=c1cc(CCl)c2cc(Cl)c(O)cc2o1.O=c1cc(CO)c2cc(Cl)c(O)cc2o1.Oc1ccc(Cl)c(O)c1.[Ac].[Ac].[OH-]. The Labute approximate surface area is 380 Å². The van der Waals surface area contributed by atoms with E-state index in [0.29, 0.717) is 21.9 Å².